The number of alkyl halides is 1. The monoisotopic (exact) mass is 303 g/mol. The molecule has 0 aliphatic heterocycles. The summed E-state index contributed by atoms with van der Waals surface area (Å²) in [4.78, 5) is 4.14. The van der Waals surface area contributed by atoms with Crippen molar-refractivity contribution in [1.29, 1.82) is 5.26 Å². The second-order valence-corrected chi connectivity index (χ2v) is 4.62. The molecule has 6 heteroatoms. The van der Waals surface area contributed by atoms with Crippen molar-refractivity contribution in [3.05, 3.63) is 59.4 Å². The van der Waals surface area contributed by atoms with Crippen LogP contribution in [0.25, 0.3) is 16.7 Å². The molecule has 104 valence electrons. The van der Waals surface area contributed by atoms with Crippen molar-refractivity contribution in [2.75, 3.05) is 0 Å². The molecule has 2 aromatic carbocycles. The summed E-state index contributed by atoms with van der Waals surface area (Å²) < 4.78 is 29.1. The van der Waals surface area contributed by atoms with Crippen LogP contribution in [-0.4, -0.2) is 9.55 Å². The summed E-state index contributed by atoms with van der Waals surface area (Å²) >= 11 is 5.86. The highest BCUT2D eigenvalue weighted by Gasteiger charge is 2.18. The van der Waals surface area contributed by atoms with Crippen molar-refractivity contribution < 1.29 is 8.78 Å². The molecule has 0 saturated carbocycles. The SMILES string of the molecule is N#Cc1c(F)cccc1-n1c(CCl)nc2c(F)cccc21. The highest BCUT2D eigenvalue weighted by Crippen LogP contribution is 2.27. The maximum absolute atomic E-state index is 13.8. The topological polar surface area (TPSA) is 41.6 Å². The Hall–Kier alpha value is -2.45. The molecule has 3 aromatic rings. The zero-order valence-electron chi connectivity index (χ0n) is 10.6. The highest BCUT2D eigenvalue weighted by molar-refractivity contribution is 6.17. The molecule has 0 amide bonds. The van der Waals surface area contributed by atoms with Crippen LogP contribution in [0.3, 0.4) is 0 Å². The summed E-state index contributed by atoms with van der Waals surface area (Å²) in [5.74, 6) is -0.782. The van der Waals surface area contributed by atoms with Gasteiger partial charge in [-0.2, -0.15) is 5.26 Å². The third kappa shape index (κ3) is 2.05. The first kappa shape index (κ1) is 13.5. The van der Waals surface area contributed by atoms with E-state index in [0.717, 1.165) is 0 Å². The highest BCUT2D eigenvalue weighted by atomic mass is 35.5. The maximum atomic E-state index is 13.8. The van der Waals surface area contributed by atoms with Gasteiger partial charge in [-0.1, -0.05) is 12.1 Å². The summed E-state index contributed by atoms with van der Waals surface area (Å²) in [6, 6.07) is 10.5. The van der Waals surface area contributed by atoms with Crippen molar-refractivity contribution in [2.24, 2.45) is 0 Å². The van der Waals surface area contributed by atoms with E-state index in [9.17, 15) is 8.78 Å². The molecule has 0 fully saturated rings. The minimum absolute atomic E-state index is 0.00943. The van der Waals surface area contributed by atoms with Crippen LogP contribution in [0.15, 0.2) is 36.4 Å². The van der Waals surface area contributed by atoms with Gasteiger partial charge < -0.3 is 0 Å². The normalized spacial score (nSPS) is 10.8. The Labute approximate surface area is 124 Å². The maximum Gasteiger partial charge on any atom is 0.151 e. The van der Waals surface area contributed by atoms with Gasteiger partial charge in [0.2, 0.25) is 0 Å². The van der Waals surface area contributed by atoms with Crippen LogP contribution in [0.5, 0.6) is 0 Å². The molecule has 0 aliphatic carbocycles. The van der Waals surface area contributed by atoms with Gasteiger partial charge in [0.15, 0.2) is 5.82 Å². The molecule has 0 bridgehead atoms. The molecule has 0 aliphatic rings. The Bertz CT molecular complexity index is 880. The van der Waals surface area contributed by atoms with Gasteiger partial charge in [0.05, 0.1) is 17.1 Å². The standard InChI is InChI=1S/C15H8ClF2N3/c16-7-14-20-15-11(18)4-2-6-13(15)21(14)12-5-1-3-10(17)9(12)8-19/h1-6H,7H2. The molecule has 0 unspecified atom stereocenters. The number of aromatic nitrogens is 2. The molecular formula is C15H8ClF2N3. The Morgan fingerprint density at radius 1 is 1.14 bits per heavy atom. The number of rotatable bonds is 2. The number of halogens is 3. The molecule has 0 spiro atoms. The molecule has 0 radical (unpaired) electrons. The lowest BCUT2D eigenvalue weighted by Crippen LogP contribution is -2.03. The van der Waals surface area contributed by atoms with E-state index in [0.29, 0.717) is 17.0 Å². The number of imidazole rings is 1. The largest absolute Gasteiger partial charge is 0.294 e. The quantitative estimate of drug-likeness (QED) is 0.673. The Morgan fingerprint density at radius 2 is 1.86 bits per heavy atom. The minimum Gasteiger partial charge on any atom is -0.294 e. The van der Waals surface area contributed by atoms with E-state index in [1.165, 1.54) is 28.8 Å². The zero-order valence-corrected chi connectivity index (χ0v) is 11.4. The van der Waals surface area contributed by atoms with Gasteiger partial charge in [-0.3, -0.25) is 4.57 Å². The number of nitrogens with zero attached hydrogens (tertiary/aromatic N) is 3. The summed E-state index contributed by atoms with van der Waals surface area (Å²) in [7, 11) is 0. The van der Waals surface area contributed by atoms with Crippen LogP contribution in [0, 0.1) is 23.0 Å². The number of para-hydroxylation sites is 1. The van der Waals surface area contributed by atoms with E-state index < -0.39 is 11.6 Å². The summed E-state index contributed by atoms with van der Waals surface area (Å²) in [5, 5.41) is 9.16. The van der Waals surface area contributed by atoms with Gasteiger partial charge in [0.1, 0.15) is 28.8 Å². The van der Waals surface area contributed by atoms with E-state index in [-0.39, 0.29) is 17.0 Å². The zero-order chi connectivity index (χ0) is 15.0. The second kappa shape index (κ2) is 5.15. The van der Waals surface area contributed by atoms with Gasteiger partial charge >= 0.3 is 0 Å². The van der Waals surface area contributed by atoms with Crippen molar-refractivity contribution in [2.45, 2.75) is 5.88 Å². The van der Waals surface area contributed by atoms with Crippen LogP contribution in [0.1, 0.15) is 11.4 Å². The van der Waals surface area contributed by atoms with Crippen molar-refractivity contribution in [1.82, 2.24) is 9.55 Å². The number of fused-ring (bicyclic) bond motifs is 1. The van der Waals surface area contributed by atoms with Crippen LogP contribution in [0.2, 0.25) is 0 Å². The predicted octanol–water partition coefficient (Wildman–Crippen LogP) is 3.91. The van der Waals surface area contributed by atoms with Gasteiger partial charge in [0.25, 0.3) is 0 Å². The predicted molar refractivity (Wildman–Crippen MR) is 75.3 cm³/mol. The Kier molecular flexibility index (Phi) is 3.32. The summed E-state index contributed by atoms with van der Waals surface area (Å²) in [5.41, 5.74) is 0.739. The lowest BCUT2D eigenvalue weighted by atomic mass is 10.1. The third-order valence-electron chi connectivity index (χ3n) is 3.17. The fraction of sp³-hybridized carbons (Fsp3) is 0.0667. The molecule has 0 atom stereocenters. The van der Waals surface area contributed by atoms with Crippen LogP contribution < -0.4 is 0 Å². The van der Waals surface area contributed by atoms with Crippen molar-refractivity contribution >= 4 is 22.6 Å². The lowest BCUT2D eigenvalue weighted by Gasteiger charge is -2.10. The van der Waals surface area contributed by atoms with Crippen LogP contribution in [0.4, 0.5) is 8.78 Å². The lowest BCUT2D eigenvalue weighted by molar-refractivity contribution is 0.622. The molecular weight excluding hydrogens is 296 g/mol. The molecule has 3 rings (SSSR count). The summed E-state index contributed by atoms with van der Waals surface area (Å²) in [6.07, 6.45) is 0. The number of hydrogen-bond acceptors (Lipinski definition) is 2. The molecule has 1 heterocycles. The Morgan fingerprint density at radius 3 is 2.57 bits per heavy atom. The fourth-order valence-electron chi connectivity index (χ4n) is 2.28. The fourth-order valence-corrected chi connectivity index (χ4v) is 2.46. The molecule has 3 nitrogen and oxygen atoms in total. The third-order valence-corrected chi connectivity index (χ3v) is 3.41. The number of nitriles is 1. The van der Waals surface area contributed by atoms with Gasteiger partial charge in [-0.15, -0.1) is 11.6 Å². The second-order valence-electron chi connectivity index (χ2n) is 4.35. The average molecular weight is 304 g/mol. The first-order chi connectivity index (χ1) is 10.2. The molecule has 1 aromatic heterocycles. The van der Waals surface area contributed by atoms with Gasteiger partial charge in [-0.25, -0.2) is 13.8 Å². The van der Waals surface area contributed by atoms with Gasteiger partial charge in [0, 0.05) is 0 Å². The van der Waals surface area contributed by atoms with E-state index in [2.05, 4.69) is 4.98 Å². The molecule has 0 saturated heterocycles. The average Bonchev–Trinajstić information content (AvgIpc) is 2.87. The van der Waals surface area contributed by atoms with Crippen LogP contribution in [-0.2, 0) is 5.88 Å². The van der Waals surface area contributed by atoms with Gasteiger partial charge in [-0.05, 0) is 24.3 Å². The molecule has 21 heavy (non-hydrogen) atoms. The Balaban J connectivity index is 2.43. The number of benzene rings is 2. The molecule has 0 N–H and O–H groups in total. The first-order valence-electron chi connectivity index (χ1n) is 6.08. The number of hydrogen-bond donors (Lipinski definition) is 0. The van der Waals surface area contributed by atoms with E-state index >= 15 is 0 Å². The van der Waals surface area contributed by atoms with E-state index in [4.69, 9.17) is 16.9 Å². The van der Waals surface area contributed by atoms with E-state index in [1.807, 2.05) is 6.07 Å². The smallest absolute Gasteiger partial charge is 0.151 e. The van der Waals surface area contributed by atoms with Crippen molar-refractivity contribution in [3.8, 4) is 11.8 Å². The van der Waals surface area contributed by atoms with Crippen molar-refractivity contribution in [3.63, 3.8) is 0 Å². The van der Waals surface area contributed by atoms with Crippen LogP contribution >= 0.6 is 11.6 Å². The minimum atomic E-state index is -0.645. The van der Waals surface area contributed by atoms with E-state index in [1.54, 1.807) is 12.1 Å². The first-order valence-corrected chi connectivity index (χ1v) is 6.61. The summed E-state index contributed by atoms with van der Waals surface area (Å²) in [6.45, 7) is 0.